The van der Waals surface area contributed by atoms with Crippen LogP contribution in [0, 0.1) is 13.8 Å². The van der Waals surface area contributed by atoms with Gasteiger partial charge >= 0.3 is 0 Å². The smallest absolute Gasteiger partial charge is 0.265 e. The lowest BCUT2D eigenvalue weighted by atomic mass is 10.2. The number of aromatic nitrogens is 4. The summed E-state index contributed by atoms with van der Waals surface area (Å²) in [5.41, 5.74) is 4.50. The second-order valence-corrected chi connectivity index (χ2v) is 8.74. The van der Waals surface area contributed by atoms with Gasteiger partial charge in [0.05, 0.1) is 46.3 Å². The van der Waals surface area contributed by atoms with Crippen LogP contribution in [0.4, 0.5) is 5.69 Å². The van der Waals surface area contributed by atoms with Gasteiger partial charge in [0.15, 0.2) is 0 Å². The zero-order valence-electron chi connectivity index (χ0n) is 16.4. The highest BCUT2D eigenvalue weighted by Gasteiger charge is 2.17. The Labute approximate surface area is 188 Å². The summed E-state index contributed by atoms with van der Waals surface area (Å²) >= 11 is 13.3. The number of aryl methyl sites for hydroxylation is 1. The monoisotopic (exact) mass is 459 g/mol. The Morgan fingerprint density at radius 1 is 1.10 bits per heavy atom. The number of hydrogen-bond acceptors (Lipinski definition) is 4. The van der Waals surface area contributed by atoms with Crippen molar-refractivity contribution in [2.24, 2.45) is 0 Å². The normalized spacial score (nSPS) is 11.1. The van der Waals surface area contributed by atoms with Crippen LogP contribution in [0.5, 0.6) is 0 Å². The van der Waals surface area contributed by atoms with Crippen molar-refractivity contribution in [2.45, 2.75) is 26.9 Å². The third-order valence-corrected chi connectivity index (χ3v) is 6.11. The van der Waals surface area contributed by atoms with Crippen molar-refractivity contribution in [1.29, 1.82) is 0 Å². The Bertz CT molecular complexity index is 1190. The lowest BCUT2D eigenvalue weighted by molar-refractivity contribution is 0.103. The van der Waals surface area contributed by atoms with Gasteiger partial charge in [-0.2, -0.15) is 10.2 Å². The molecule has 0 saturated heterocycles. The summed E-state index contributed by atoms with van der Waals surface area (Å²) in [7, 11) is 0. The molecule has 0 unspecified atom stereocenters. The number of carbonyl (C=O) groups is 1. The van der Waals surface area contributed by atoms with Gasteiger partial charge in [0, 0.05) is 11.2 Å². The van der Waals surface area contributed by atoms with E-state index in [0.29, 0.717) is 28.0 Å². The van der Waals surface area contributed by atoms with Crippen LogP contribution in [-0.4, -0.2) is 25.5 Å². The third kappa shape index (κ3) is 4.59. The number of carbonyl (C=O) groups excluding carboxylic acids is 1. The number of thiophene rings is 1. The lowest BCUT2D eigenvalue weighted by Gasteiger charge is -2.07. The molecular formula is C21H19Cl2N5OS. The van der Waals surface area contributed by atoms with Gasteiger partial charge in [0.1, 0.15) is 0 Å². The molecule has 0 aliphatic rings. The molecule has 4 rings (SSSR count). The van der Waals surface area contributed by atoms with E-state index in [4.69, 9.17) is 23.2 Å². The number of anilines is 1. The van der Waals surface area contributed by atoms with Gasteiger partial charge in [0.25, 0.3) is 5.91 Å². The molecule has 154 valence electrons. The van der Waals surface area contributed by atoms with E-state index in [9.17, 15) is 4.79 Å². The molecule has 3 heterocycles. The van der Waals surface area contributed by atoms with Crippen molar-refractivity contribution in [1.82, 2.24) is 19.6 Å². The zero-order valence-corrected chi connectivity index (χ0v) is 18.7. The first-order valence-corrected chi connectivity index (χ1v) is 10.9. The predicted molar refractivity (Wildman–Crippen MR) is 121 cm³/mol. The van der Waals surface area contributed by atoms with Gasteiger partial charge < -0.3 is 5.32 Å². The summed E-state index contributed by atoms with van der Waals surface area (Å²) in [6.45, 7) is 5.01. The molecule has 0 aliphatic carbocycles. The molecule has 0 atom stereocenters. The van der Waals surface area contributed by atoms with Crippen molar-refractivity contribution in [3.8, 4) is 0 Å². The molecule has 0 bridgehead atoms. The first kappa shape index (κ1) is 20.7. The van der Waals surface area contributed by atoms with Crippen LogP contribution in [0.3, 0.4) is 0 Å². The molecule has 0 spiro atoms. The van der Waals surface area contributed by atoms with Gasteiger partial charge in [-0.1, -0.05) is 35.3 Å². The van der Waals surface area contributed by atoms with Gasteiger partial charge in [-0.05, 0) is 48.6 Å². The fraction of sp³-hybridized carbons (Fsp3) is 0.190. The second-order valence-electron chi connectivity index (χ2n) is 6.96. The number of amides is 1. The molecule has 1 amide bonds. The average Bonchev–Trinajstić information content (AvgIpc) is 3.41. The van der Waals surface area contributed by atoms with E-state index in [1.807, 2.05) is 54.2 Å². The Morgan fingerprint density at radius 3 is 2.57 bits per heavy atom. The Balaban J connectivity index is 1.47. The largest absolute Gasteiger partial charge is 0.318 e. The van der Waals surface area contributed by atoms with Crippen LogP contribution in [0.1, 0.15) is 32.2 Å². The molecule has 0 fully saturated rings. The minimum Gasteiger partial charge on any atom is -0.318 e. The van der Waals surface area contributed by atoms with Gasteiger partial charge in [-0.15, -0.1) is 11.3 Å². The molecule has 0 aliphatic heterocycles. The van der Waals surface area contributed by atoms with Crippen LogP contribution in [0.25, 0.3) is 0 Å². The minimum atomic E-state index is -0.151. The average molecular weight is 460 g/mol. The van der Waals surface area contributed by atoms with Crippen molar-refractivity contribution < 1.29 is 4.79 Å². The second kappa shape index (κ2) is 8.63. The zero-order chi connectivity index (χ0) is 21.3. The van der Waals surface area contributed by atoms with E-state index in [-0.39, 0.29) is 5.91 Å². The fourth-order valence-electron chi connectivity index (χ4n) is 3.16. The third-order valence-electron chi connectivity index (χ3n) is 4.69. The fourth-order valence-corrected chi connectivity index (χ4v) is 4.24. The highest BCUT2D eigenvalue weighted by Crippen LogP contribution is 2.24. The van der Waals surface area contributed by atoms with Crippen LogP contribution in [0.15, 0.2) is 48.1 Å². The summed E-state index contributed by atoms with van der Waals surface area (Å²) in [5, 5.41) is 15.0. The molecule has 1 aromatic carbocycles. The van der Waals surface area contributed by atoms with E-state index in [1.165, 1.54) is 11.3 Å². The summed E-state index contributed by atoms with van der Waals surface area (Å²) < 4.78 is 3.62. The Morgan fingerprint density at radius 2 is 1.87 bits per heavy atom. The van der Waals surface area contributed by atoms with Crippen molar-refractivity contribution >= 4 is 46.1 Å². The number of nitrogens with zero attached hydrogens (tertiary/aromatic N) is 4. The van der Waals surface area contributed by atoms with E-state index in [0.717, 1.165) is 28.2 Å². The number of rotatable bonds is 6. The van der Waals surface area contributed by atoms with Crippen molar-refractivity contribution in [2.75, 3.05) is 5.32 Å². The van der Waals surface area contributed by atoms with Crippen molar-refractivity contribution in [3.05, 3.63) is 85.5 Å². The number of benzene rings is 1. The number of halogens is 2. The summed E-state index contributed by atoms with van der Waals surface area (Å²) in [6.07, 6.45) is 3.34. The van der Waals surface area contributed by atoms with E-state index in [1.54, 1.807) is 17.1 Å². The van der Waals surface area contributed by atoms with Crippen LogP contribution in [0.2, 0.25) is 10.0 Å². The molecule has 0 saturated carbocycles. The van der Waals surface area contributed by atoms with E-state index < -0.39 is 0 Å². The standard InChI is InChI=1S/C21H19Cl2N5OS/c1-13-20(14(2)28(26-13)10-15-3-5-17(22)6-4-15)25-21(29)19-7-16(12-30-19)9-27-11-18(23)8-24-27/h3-8,11-12H,9-10H2,1-2H3,(H,25,29). The van der Waals surface area contributed by atoms with Crippen molar-refractivity contribution in [3.63, 3.8) is 0 Å². The molecule has 6 nitrogen and oxygen atoms in total. The van der Waals surface area contributed by atoms with Gasteiger partial charge in [-0.3, -0.25) is 14.2 Å². The number of nitrogens with one attached hydrogen (secondary N) is 1. The van der Waals surface area contributed by atoms with E-state index >= 15 is 0 Å². The van der Waals surface area contributed by atoms with Crippen LogP contribution >= 0.6 is 34.5 Å². The first-order chi connectivity index (χ1) is 14.4. The highest BCUT2D eigenvalue weighted by atomic mass is 35.5. The van der Waals surface area contributed by atoms with E-state index in [2.05, 4.69) is 15.5 Å². The summed E-state index contributed by atoms with van der Waals surface area (Å²) in [5.74, 6) is -0.151. The van der Waals surface area contributed by atoms with Crippen LogP contribution < -0.4 is 5.32 Å². The maximum atomic E-state index is 12.8. The predicted octanol–water partition coefficient (Wildman–Crippen LogP) is 5.41. The molecule has 30 heavy (non-hydrogen) atoms. The maximum absolute atomic E-state index is 12.8. The molecule has 1 N–H and O–H groups in total. The molecule has 0 radical (unpaired) electrons. The SMILES string of the molecule is Cc1nn(Cc2ccc(Cl)cc2)c(C)c1NC(=O)c1cc(Cn2cc(Cl)cn2)cs1. The van der Waals surface area contributed by atoms with Crippen LogP contribution in [-0.2, 0) is 13.1 Å². The minimum absolute atomic E-state index is 0.151. The van der Waals surface area contributed by atoms with Gasteiger partial charge in [-0.25, -0.2) is 0 Å². The highest BCUT2D eigenvalue weighted by molar-refractivity contribution is 7.12. The first-order valence-electron chi connectivity index (χ1n) is 9.24. The molecular weight excluding hydrogens is 441 g/mol. The quantitative estimate of drug-likeness (QED) is 0.418. The summed E-state index contributed by atoms with van der Waals surface area (Å²) in [6, 6.07) is 9.53. The van der Waals surface area contributed by atoms with Gasteiger partial charge in [0.2, 0.25) is 0 Å². The lowest BCUT2D eigenvalue weighted by Crippen LogP contribution is -2.12. The topological polar surface area (TPSA) is 64.7 Å². The molecule has 4 aromatic rings. The maximum Gasteiger partial charge on any atom is 0.265 e. The molecule has 9 heteroatoms. The summed E-state index contributed by atoms with van der Waals surface area (Å²) in [4.78, 5) is 13.4. The molecule has 3 aromatic heterocycles. The number of hydrogen-bond donors (Lipinski definition) is 1. The Hall–Kier alpha value is -2.61. The Kier molecular flexibility index (Phi) is 5.94.